The SMILES string of the molecule is CN=C(NCCCC1CCCCC1)N1CCN(c2cnn(C)c2)C(=O)C1.I. The number of aliphatic imine (C=N–C) groups is 1. The Bertz CT molecular complexity index is 625. The molecule has 1 aromatic heterocycles. The van der Waals surface area contributed by atoms with E-state index in [2.05, 4.69) is 20.3 Å². The maximum Gasteiger partial charge on any atom is 0.246 e. The Morgan fingerprint density at radius 2 is 2.07 bits per heavy atom. The van der Waals surface area contributed by atoms with Gasteiger partial charge in [0.05, 0.1) is 11.9 Å². The van der Waals surface area contributed by atoms with Gasteiger partial charge in [-0.15, -0.1) is 24.0 Å². The number of aryl methyl sites for hydroxylation is 1. The van der Waals surface area contributed by atoms with Gasteiger partial charge in [0, 0.05) is 39.9 Å². The molecule has 1 aliphatic heterocycles. The third kappa shape index (κ3) is 6.08. The van der Waals surface area contributed by atoms with Crippen LogP contribution in [0.15, 0.2) is 17.4 Å². The van der Waals surface area contributed by atoms with E-state index in [0.717, 1.165) is 30.7 Å². The lowest BCUT2D eigenvalue weighted by atomic mass is 9.86. The van der Waals surface area contributed by atoms with Gasteiger partial charge in [-0.25, -0.2) is 0 Å². The van der Waals surface area contributed by atoms with Gasteiger partial charge in [0.2, 0.25) is 5.91 Å². The van der Waals surface area contributed by atoms with Gasteiger partial charge < -0.3 is 15.1 Å². The summed E-state index contributed by atoms with van der Waals surface area (Å²) in [6.45, 7) is 2.73. The van der Waals surface area contributed by atoms with Gasteiger partial charge in [-0.05, 0) is 18.8 Å². The highest BCUT2D eigenvalue weighted by atomic mass is 127. The molecule has 1 aliphatic carbocycles. The Hall–Kier alpha value is -1.32. The van der Waals surface area contributed by atoms with Crippen LogP contribution in [0.25, 0.3) is 0 Å². The molecule has 0 bridgehead atoms. The van der Waals surface area contributed by atoms with Crippen molar-refractivity contribution >= 4 is 41.5 Å². The fourth-order valence-electron chi connectivity index (χ4n) is 4.07. The number of rotatable bonds is 5. The average Bonchev–Trinajstić information content (AvgIpc) is 3.08. The summed E-state index contributed by atoms with van der Waals surface area (Å²) >= 11 is 0. The second-order valence-corrected chi connectivity index (χ2v) is 7.46. The predicted octanol–water partition coefficient (Wildman–Crippen LogP) is 2.62. The van der Waals surface area contributed by atoms with Crippen LogP contribution in [0.4, 0.5) is 5.69 Å². The highest BCUT2D eigenvalue weighted by Crippen LogP contribution is 2.27. The molecule has 2 aliphatic rings. The normalized spacial score (nSPS) is 19.2. The summed E-state index contributed by atoms with van der Waals surface area (Å²) in [5, 5.41) is 7.60. The van der Waals surface area contributed by atoms with E-state index in [1.807, 2.05) is 13.2 Å². The molecule has 1 amide bonds. The molecule has 0 unspecified atom stereocenters. The van der Waals surface area contributed by atoms with Crippen LogP contribution in [-0.2, 0) is 11.8 Å². The second kappa shape index (κ2) is 10.9. The van der Waals surface area contributed by atoms with Crippen molar-refractivity contribution in [3.05, 3.63) is 12.4 Å². The van der Waals surface area contributed by atoms with Crippen molar-refractivity contribution in [1.29, 1.82) is 0 Å². The molecule has 1 saturated carbocycles. The lowest BCUT2D eigenvalue weighted by Gasteiger charge is -2.35. The van der Waals surface area contributed by atoms with E-state index in [1.54, 1.807) is 22.8 Å². The molecule has 1 saturated heterocycles. The average molecular weight is 488 g/mol. The Morgan fingerprint density at radius 1 is 1.30 bits per heavy atom. The zero-order chi connectivity index (χ0) is 18.4. The number of piperazine rings is 1. The molecule has 152 valence electrons. The van der Waals surface area contributed by atoms with Gasteiger partial charge in [-0.3, -0.25) is 14.5 Å². The first-order valence-electron chi connectivity index (χ1n) is 9.92. The monoisotopic (exact) mass is 488 g/mol. The zero-order valence-electron chi connectivity index (χ0n) is 16.6. The summed E-state index contributed by atoms with van der Waals surface area (Å²) in [5.41, 5.74) is 0.868. The smallest absolute Gasteiger partial charge is 0.246 e. The molecule has 1 aromatic rings. The van der Waals surface area contributed by atoms with Crippen molar-refractivity contribution in [3.8, 4) is 0 Å². The Balaban J connectivity index is 0.00000261. The van der Waals surface area contributed by atoms with Gasteiger partial charge in [-0.2, -0.15) is 5.10 Å². The first-order chi connectivity index (χ1) is 12.7. The summed E-state index contributed by atoms with van der Waals surface area (Å²) in [5.74, 6) is 1.85. The Kier molecular flexibility index (Phi) is 8.85. The predicted molar refractivity (Wildman–Crippen MR) is 120 cm³/mol. The third-order valence-electron chi connectivity index (χ3n) is 5.53. The van der Waals surface area contributed by atoms with E-state index in [-0.39, 0.29) is 29.9 Å². The topological polar surface area (TPSA) is 65.8 Å². The lowest BCUT2D eigenvalue weighted by molar-refractivity contribution is -0.120. The number of halogens is 1. The van der Waals surface area contributed by atoms with E-state index < -0.39 is 0 Å². The van der Waals surface area contributed by atoms with E-state index >= 15 is 0 Å². The number of amides is 1. The highest BCUT2D eigenvalue weighted by Gasteiger charge is 2.27. The maximum atomic E-state index is 12.5. The molecule has 3 rings (SSSR count). The molecule has 1 N–H and O–H groups in total. The van der Waals surface area contributed by atoms with Gasteiger partial charge in [0.15, 0.2) is 5.96 Å². The minimum absolute atomic E-state index is 0. The minimum atomic E-state index is 0. The molecular weight excluding hydrogens is 455 g/mol. The van der Waals surface area contributed by atoms with Crippen LogP contribution in [-0.4, -0.2) is 59.8 Å². The Labute approximate surface area is 179 Å². The van der Waals surface area contributed by atoms with E-state index in [4.69, 9.17) is 0 Å². The van der Waals surface area contributed by atoms with Crippen molar-refractivity contribution in [3.63, 3.8) is 0 Å². The molecular formula is C19H33IN6O. The van der Waals surface area contributed by atoms with Crippen molar-refractivity contribution < 1.29 is 4.79 Å². The van der Waals surface area contributed by atoms with Crippen molar-refractivity contribution in [2.75, 3.05) is 38.1 Å². The number of nitrogens with zero attached hydrogens (tertiary/aromatic N) is 5. The van der Waals surface area contributed by atoms with Crippen LogP contribution in [0.2, 0.25) is 0 Å². The summed E-state index contributed by atoms with van der Waals surface area (Å²) in [6.07, 6.45) is 13.1. The number of aromatic nitrogens is 2. The largest absolute Gasteiger partial charge is 0.356 e. The molecule has 2 fully saturated rings. The summed E-state index contributed by atoms with van der Waals surface area (Å²) in [6, 6.07) is 0. The van der Waals surface area contributed by atoms with Crippen LogP contribution >= 0.6 is 24.0 Å². The molecule has 0 aromatic carbocycles. The molecule has 8 heteroatoms. The maximum absolute atomic E-state index is 12.5. The van der Waals surface area contributed by atoms with Gasteiger partial charge in [-0.1, -0.05) is 32.1 Å². The van der Waals surface area contributed by atoms with Crippen molar-refractivity contribution in [2.45, 2.75) is 44.9 Å². The standard InChI is InChI=1S/C19H32N6O.HI/c1-20-19(21-10-6-9-16-7-4-3-5-8-16)24-11-12-25(18(26)15-24)17-13-22-23(2)14-17;/h13-14,16H,3-12,15H2,1-2H3,(H,20,21);1H. The van der Waals surface area contributed by atoms with E-state index in [9.17, 15) is 4.79 Å². The molecule has 0 spiro atoms. The Morgan fingerprint density at radius 3 is 2.70 bits per heavy atom. The number of anilines is 1. The van der Waals surface area contributed by atoms with Gasteiger partial charge >= 0.3 is 0 Å². The fourth-order valence-corrected chi connectivity index (χ4v) is 4.07. The number of carbonyl (C=O) groups excluding carboxylic acids is 1. The van der Waals surface area contributed by atoms with E-state index in [0.29, 0.717) is 13.1 Å². The first kappa shape index (κ1) is 22.0. The first-order valence-corrected chi connectivity index (χ1v) is 9.92. The molecule has 0 radical (unpaired) electrons. The lowest BCUT2D eigenvalue weighted by Crippen LogP contribution is -2.55. The van der Waals surface area contributed by atoms with Crippen LogP contribution in [0.5, 0.6) is 0 Å². The van der Waals surface area contributed by atoms with E-state index in [1.165, 1.54) is 44.9 Å². The summed E-state index contributed by atoms with van der Waals surface area (Å²) in [4.78, 5) is 20.8. The van der Waals surface area contributed by atoms with Crippen LogP contribution in [0.3, 0.4) is 0 Å². The highest BCUT2D eigenvalue weighted by molar-refractivity contribution is 14.0. The number of guanidine groups is 1. The second-order valence-electron chi connectivity index (χ2n) is 7.46. The van der Waals surface area contributed by atoms with Crippen LogP contribution < -0.4 is 10.2 Å². The van der Waals surface area contributed by atoms with Crippen LogP contribution in [0, 0.1) is 5.92 Å². The molecule has 0 atom stereocenters. The van der Waals surface area contributed by atoms with Crippen LogP contribution in [0.1, 0.15) is 44.9 Å². The molecule has 27 heavy (non-hydrogen) atoms. The molecule has 7 nitrogen and oxygen atoms in total. The molecule has 2 heterocycles. The number of hydrogen-bond donors (Lipinski definition) is 1. The fraction of sp³-hybridized carbons (Fsp3) is 0.737. The summed E-state index contributed by atoms with van der Waals surface area (Å²) < 4.78 is 1.72. The minimum Gasteiger partial charge on any atom is -0.356 e. The number of nitrogens with one attached hydrogen (secondary N) is 1. The van der Waals surface area contributed by atoms with Crippen molar-refractivity contribution in [1.82, 2.24) is 20.0 Å². The van der Waals surface area contributed by atoms with Crippen molar-refractivity contribution in [2.24, 2.45) is 18.0 Å². The van der Waals surface area contributed by atoms with Gasteiger partial charge in [0.25, 0.3) is 0 Å². The zero-order valence-corrected chi connectivity index (χ0v) is 18.9. The number of carbonyl (C=O) groups is 1. The number of hydrogen-bond acceptors (Lipinski definition) is 3. The van der Waals surface area contributed by atoms with Gasteiger partial charge in [0.1, 0.15) is 6.54 Å². The summed E-state index contributed by atoms with van der Waals surface area (Å²) in [7, 11) is 3.66. The quantitative estimate of drug-likeness (QED) is 0.300. The third-order valence-corrected chi connectivity index (χ3v) is 5.53.